The standard InChI is InChI=1S/C24H20N2O5S/c1-15(20-13-17-5-2-3-6-19(17)31-20)25-22(27)14-30-24(29)16-8-10-18(11-9-16)26-23(28)21-7-4-12-32-21/h2-13,15H,14H2,1H3,(H,25,27)(H,26,28). The summed E-state index contributed by atoms with van der Waals surface area (Å²) in [5.74, 6) is -0.671. The molecule has 0 radical (unpaired) electrons. The van der Waals surface area contributed by atoms with E-state index in [0.29, 0.717) is 16.3 Å². The Morgan fingerprint density at radius 3 is 2.53 bits per heavy atom. The molecule has 4 aromatic rings. The Balaban J connectivity index is 1.27. The Morgan fingerprint density at radius 1 is 1.03 bits per heavy atom. The molecule has 162 valence electrons. The predicted octanol–water partition coefficient (Wildman–Crippen LogP) is 4.78. The van der Waals surface area contributed by atoms with Crippen molar-refractivity contribution in [2.24, 2.45) is 0 Å². The molecule has 2 aromatic heterocycles. The molecule has 4 rings (SSSR count). The maximum absolute atomic E-state index is 12.2. The van der Waals surface area contributed by atoms with Crippen molar-refractivity contribution < 1.29 is 23.5 Å². The molecule has 1 atom stereocenters. The second-order valence-corrected chi connectivity index (χ2v) is 8.01. The van der Waals surface area contributed by atoms with Gasteiger partial charge in [-0.25, -0.2) is 4.79 Å². The van der Waals surface area contributed by atoms with Gasteiger partial charge in [0.15, 0.2) is 6.61 Å². The molecule has 2 heterocycles. The minimum absolute atomic E-state index is 0.217. The maximum atomic E-state index is 12.2. The fraction of sp³-hybridized carbons (Fsp3) is 0.125. The predicted molar refractivity (Wildman–Crippen MR) is 122 cm³/mol. The Hall–Kier alpha value is -3.91. The van der Waals surface area contributed by atoms with Gasteiger partial charge in [-0.05, 0) is 54.8 Å². The number of hydrogen-bond donors (Lipinski definition) is 2. The number of ether oxygens (including phenoxy) is 1. The van der Waals surface area contributed by atoms with Crippen molar-refractivity contribution in [3.05, 3.63) is 88.3 Å². The second-order valence-electron chi connectivity index (χ2n) is 7.06. The van der Waals surface area contributed by atoms with E-state index >= 15 is 0 Å². The molecule has 2 N–H and O–H groups in total. The summed E-state index contributed by atoms with van der Waals surface area (Å²) in [7, 11) is 0. The van der Waals surface area contributed by atoms with Gasteiger partial charge in [-0.1, -0.05) is 24.3 Å². The third kappa shape index (κ3) is 5.04. The summed E-state index contributed by atoms with van der Waals surface area (Å²) in [5.41, 5.74) is 1.57. The van der Waals surface area contributed by atoms with Crippen LogP contribution in [-0.2, 0) is 9.53 Å². The third-order valence-corrected chi connectivity index (χ3v) is 5.58. The van der Waals surface area contributed by atoms with E-state index in [1.807, 2.05) is 35.7 Å². The van der Waals surface area contributed by atoms with Gasteiger partial charge >= 0.3 is 5.97 Å². The first-order chi connectivity index (χ1) is 15.5. The zero-order valence-corrected chi connectivity index (χ0v) is 18.0. The highest BCUT2D eigenvalue weighted by atomic mass is 32.1. The largest absolute Gasteiger partial charge is 0.459 e. The lowest BCUT2D eigenvalue weighted by atomic mass is 10.2. The normalized spacial score (nSPS) is 11.7. The van der Waals surface area contributed by atoms with Gasteiger partial charge in [-0.15, -0.1) is 11.3 Å². The summed E-state index contributed by atoms with van der Waals surface area (Å²) < 4.78 is 10.8. The number of para-hydroxylation sites is 1. The number of rotatable bonds is 7. The molecule has 0 aliphatic heterocycles. The first-order valence-corrected chi connectivity index (χ1v) is 10.8. The van der Waals surface area contributed by atoms with Crippen LogP contribution in [0.1, 0.15) is 38.8 Å². The van der Waals surface area contributed by atoms with Crippen LogP contribution < -0.4 is 10.6 Å². The lowest BCUT2D eigenvalue weighted by Gasteiger charge is -2.11. The van der Waals surface area contributed by atoms with Crippen LogP contribution in [-0.4, -0.2) is 24.4 Å². The highest BCUT2D eigenvalue weighted by molar-refractivity contribution is 7.12. The molecule has 0 aliphatic rings. The summed E-state index contributed by atoms with van der Waals surface area (Å²) in [6.07, 6.45) is 0. The maximum Gasteiger partial charge on any atom is 0.338 e. The number of fused-ring (bicyclic) bond motifs is 1. The molecule has 2 amide bonds. The number of anilines is 1. The molecular formula is C24H20N2O5S. The second kappa shape index (κ2) is 9.49. The molecule has 8 heteroatoms. The minimum Gasteiger partial charge on any atom is -0.459 e. The molecule has 0 bridgehead atoms. The van der Waals surface area contributed by atoms with Gasteiger partial charge in [0, 0.05) is 11.1 Å². The van der Waals surface area contributed by atoms with Crippen LogP contribution in [0.3, 0.4) is 0 Å². The molecule has 1 unspecified atom stereocenters. The number of carbonyl (C=O) groups excluding carboxylic acids is 3. The number of carbonyl (C=O) groups is 3. The average Bonchev–Trinajstić information content (AvgIpc) is 3.48. The topological polar surface area (TPSA) is 97.6 Å². The highest BCUT2D eigenvalue weighted by Crippen LogP contribution is 2.23. The van der Waals surface area contributed by atoms with Crippen molar-refractivity contribution in [3.8, 4) is 0 Å². The van der Waals surface area contributed by atoms with E-state index in [-0.39, 0.29) is 17.5 Å². The molecule has 0 saturated heterocycles. The first kappa shape index (κ1) is 21.3. The van der Waals surface area contributed by atoms with E-state index in [9.17, 15) is 14.4 Å². The van der Waals surface area contributed by atoms with Gasteiger partial charge < -0.3 is 19.8 Å². The molecule has 0 saturated carbocycles. The number of hydrogen-bond acceptors (Lipinski definition) is 6. The SMILES string of the molecule is CC(NC(=O)COC(=O)c1ccc(NC(=O)c2cccs2)cc1)c1cc2ccccc2o1. The third-order valence-electron chi connectivity index (χ3n) is 4.71. The molecule has 32 heavy (non-hydrogen) atoms. The van der Waals surface area contributed by atoms with Gasteiger partial charge in [0.25, 0.3) is 11.8 Å². The van der Waals surface area contributed by atoms with Crippen molar-refractivity contribution in [2.45, 2.75) is 13.0 Å². The van der Waals surface area contributed by atoms with Gasteiger partial charge in [-0.2, -0.15) is 0 Å². The fourth-order valence-corrected chi connectivity index (χ4v) is 3.69. The van der Waals surface area contributed by atoms with Crippen molar-refractivity contribution in [3.63, 3.8) is 0 Å². The summed E-state index contributed by atoms with van der Waals surface area (Å²) in [5, 5.41) is 8.28. The number of benzene rings is 2. The van der Waals surface area contributed by atoms with Crippen LogP contribution in [0.5, 0.6) is 0 Å². The van der Waals surface area contributed by atoms with Gasteiger partial charge in [-0.3, -0.25) is 9.59 Å². The van der Waals surface area contributed by atoms with Crippen LogP contribution in [0.15, 0.2) is 76.5 Å². The van der Waals surface area contributed by atoms with E-state index < -0.39 is 18.5 Å². The van der Waals surface area contributed by atoms with Gasteiger partial charge in [0.2, 0.25) is 0 Å². The zero-order valence-electron chi connectivity index (χ0n) is 17.2. The van der Waals surface area contributed by atoms with Crippen LogP contribution in [0, 0.1) is 0 Å². The Labute approximate surface area is 188 Å². The molecule has 2 aromatic carbocycles. The van der Waals surface area contributed by atoms with Gasteiger partial charge in [0.05, 0.1) is 16.5 Å². The number of thiophene rings is 1. The molecule has 0 fully saturated rings. The van der Waals surface area contributed by atoms with E-state index in [4.69, 9.17) is 9.15 Å². The smallest absolute Gasteiger partial charge is 0.338 e. The van der Waals surface area contributed by atoms with Crippen molar-refractivity contribution in [1.82, 2.24) is 5.32 Å². The van der Waals surface area contributed by atoms with Crippen molar-refractivity contribution >= 4 is 45.8 Å². The summed E-state index contributed by atoms with van der Waals surface area (Å²) in [6.45, 7) is 1.38. The van der Waals surface area contributed by atoms with E-state index in [0.717, 1.165) is 11.0 Å². The lowest BCUT2D eigenvalue weighted by Crippen LogP contribution is -2.31. The van der Waals surface area contributed by atoms with Crippen LogP contribution in [0.4, 0.5) is 5.69 Å². The zero-order chi connectivity index (χ0) is 22.5. The van der Waals surface area contributed by atoms with Crippen LogP contribution >= 0.6 is 11.3 Å². The van der Waals surface area contributed by atoms with Crippen LogP contribution in [0.2, 0.25) is 0 Å². The lowest BCUT2D eigenvalue weighted by molar-refractivity contribution is -0.125. The summed E-state index contributed by atoms with van der Waals surface area (Å²) in [6, 6.07) is 18.9. The highest BCUT2D eigenvalue weighted by Gasteiger charge is 2.16. The van der Waals surface area contributed by atoms with Crippen molar-refractivity contribution in [1.29, 1.82) is 0 Å². The quantitative estimate of drug-likeness (QED) is 0.397. The molecule has 7 nitrogen and oxygen atoms in total. The Bertz CT molecular complexity index is 1210. The number of nitrogens with one attached hydrogen (secondary N) is 2. The average molecular weight is 449 g/mol. The van der Waals surface area contributed by atoms with Crippen LogP contribution in [0.25, 0.3) is 11.0 Å². The van der Waals surface area contributed by atoms with Crippen molar-refractivity contribution in [2.75, 3.05) is 11.9 Å². The number of amides is 2. The first-order valence-electron chi connectivity index (χ1n) is 9.89. The Morgan fingerprint density at radius 2 is 1.81 bits per heavy atom. The van der Waals surface area contributed by atoms with E-state index in [1.54, 1.807) is 31.2 Å². The van der Waals surface area contributed by atoms with E-state index in [1.165, 1.54) is 23.5 Å². The minimum atomic E-state index is -0.632. The number of furan rings is 1. The Kier molecular flexibility index (Phi) is 6.32. The molecular weight excluding hydrogens is 428 g/mol. The van der Waals surface area contributed by atoms with Gasteiger partial charge in [0.1, 0.15) is 11.3 Å². The van der Waals surface area contributed by atoms with E-state index in [2.05, 4.69) is 10.6 Å². The monoisotopic (exact) mass is 448 g/mol. The molecule has 0 spiro atoms. The number of esters is 1. The fourth-order valence-electron chi connectivity index (χ4n) is 3.07. The summed E-state index contributed by atoms with van der Waals surface area (Å²) >= 11 is 1.34. The summed E-state index contributed by atoms with van der Waals surface area (Å²) in [4.78, 5) is 37.1. The molecule has 0 aliphatic carbocycles.